The molecule has 20 heavy (non-hydrogen) atoms. The Bertz CT molecular complexity index is 656. The standard InChI is InChI=1S/C15H16BrN3O/c1-9-3-6-14(13(16)7-9)18-15(20)12-5-4-11(19-17)8-10(12)2/h3-8,19H,17H2,1-2H3,(H,18,20). The number of benzene rings is 2. The normalized spacial score (nSPS) is 10.2. The Morgan fingerprint density at radius 2 is 1.90 bits per heavy atom. The summed E-state index contributed by atoms with van der Waals surface area (Å²) in [5, 5.41) is 2.89. The second-order valence-electron chi connectivity index (χ2n) is 4.61. The van der Waals surface area contributed by atoms with Gasteiger partial charge in [0.05, 0.1) is 5.69 Å². The fraction of sp³-hybridized carbons (Fsp3) is 0.133. The van der Waals surface area contributed by atoms with Crippen molar-refractivity contribution in [3.63, 3.8) is 0 Å². The van der Waals surface area contributed by atoms with E-state index in [-0.39, 0.29) is 5.91 Å². The highest BCUT2D eigenvalue weighted by Crippen LogP contribution is 2.24. The lowest BCUT2D eigenvalue weighted by atomic mass is 10.1. The van der Waals surface area contributed by atoms with Crippen LogP contribution < -0.4 is 16.6 Å². The number of hydrogen-bond donors (Lipinski definition) is 3. The molecule has 4 nitrogen and oxygen atoms in total. The predicted octanol–water partition coefficient (Wildman–Crippen LogP) is 3.60. The number of nitrogen functional groups attached to an aromatic ring is 1. The molecule has 1 amide bonds. The topological polar surface area (TPSA) is 67.2 Å². The molecule has 0 spiro atoms. The summed E-state index contributed by atoms with van der Waals surface area (Å²) in [7, 11) is 0. The Balaban J connectivity index is 2.24. The fourth-order valence-electron chi connectivity index (χ4n) is 1.92. The number of hydrogen-bond acceptors (Lipinski definition) is 3. The van der Waals surface area contributed by atoms with Gasteiger partial charge in [0, 0.05) is 15.7 Å². The summed E-state index contributed by atoms with van der Waals surface area (Å²) in [5.74, 6) is 5.20. The predicted molar refractivity (Wildman–Crippen MR) is 85.8 cm³/mol. The molecule has 2 aromatic carbocycles. The monoisotopic (exact) mass is 333 g/mol. The Hall–Kier alpha value is -1.85. The number of carbonyl (C=O) groups excluding carboxylic acids is 1. The lowest BCUT2D eigenvalue weighted by Crippen LogP contribution is -2.14. The van der Waals surface area contributed by atoms with Crippen LogP contribution in [0, 0.1) is 13.8 Å². The first-order valence-corrected chi connectivity index (χ1v) is 6.95. The van der Waals surface area contributed by atoms with E-state index in [1.54, 1.807) is 12.1 Å². The fourth-order valence-corrected chi connectivity index (χ4v) is 2.51. The second-order valence-corrected chi connectivity index (χ2v) is 5.47. The van der Waals surface area contributed by atoms with E-state index in [1.165, 1.54) is 0 Å². The minimum Gasteiger partial charge on any atom is -0.324 e. The van der Waals surface area contributed by atoms with Gasteiger partial charge in [0.1, 0.15) is 0 Å². The smallest absolute Gasteiger partial charge is 0.255 e. The van der Waals surface area contributed by atoms with E-state index in [2.05, 4.69) is 26.7 Å². The Morgan fingerprint density at radius 1 is 1.15 bits per heavy atom. The maximum Gasteiger partial charge on any atom is 0.255 e. The molecule has 2 rings (SSSR count). The van der Waals surface area contributed by atoms with Crippen LogP contribution in [0.2, 0.25) is 0 Å². The molecule has 0 aromatic heterocycles. The maximum atomic E-state index is 12.3. The highest BCUT2D eigenvalue weighted by Gasteiger charge is 2.11. The van der Waals surface area contributed by atoms with Crippen LogP contribution in [0.15, 0.2) is 40.9 Å². The Labute approximate surface area is 126 Å². The quantitative estimate of drug-likeness (QED) is 0.593. The number of halogens is 1. The molecular weight excluding hydrogens is 318 g/mol. The van der Waals surface area contributed by atoms with E-state index in [1.807, 2.05) is 38.1 Å². The van der Waals surface area contributed by atoms with Gasteiger partial charge in [-0.1, -0.05) is 6.07 Å². The van der Waals surface area contributed by atoms with Crippen molar-refractivity contribution < 1.29 is 4.79 Å². The van der Waals surface area contributed by atoms with Gasteiger partial charge in [0.2, 0.25) is 0 Å². The van der Waals surface area contributed by atoms with E-state index in [4.69, 9.17) is 5.84 Å². The zero-order valence-electron chi connectivity index (χ0n) is 11.3. The van der Waals surface area contributed by atoms with E-state index < -0.39 is 0 Å². The number of amides is 1. The first kappa shape index (κ1) is 14.6. The molecular formula is C15H16BrN3O. The molecule has 0 bridgehead atoms. The van der Waals surface area contributed by atoms with Crippen LogP contribution >= 0.6 is 15.9 Å². The zero-order chi connectivity index (χ0) is 14.7. The summed E-state index contributed by atoms with van der Waals surface area (Å²) in [4.78, 5) is 12.3. The van der Waals surface area contributed by atoms with E-state index in [0.29, 0.717) is 5.56 Å². The number of aryl methyl sites for hydroxylation is 2. The third-order valence-electron chi connectivity index (χ3n) is 3.01. The van der Waals surface area contributed by atoms with Crippen molar-refractivity contribution in [1.29, 1.82) is 0 Å². The molecule has 0 aliphatic heterocycles. The molecule has 0 saturated carbocycles. The molecule has 0 heterocycles. The van der Waals surface area contributed by atoms with Crippen LogP contribution in [-0.2, 0) is 0 Å². The van der Waals surface area contributed by atoms with Crippen LogP contribution in [0.1, 0.15) is 21.5 Å². The van der Waals surface area contributed by atoms with E-state index in [0.717, 1.165) is 27.0 Å². The second kappa shape index (κ2) is 6.07. The number of hydrazine groups is 1. The average Bonchev–Trinajstić information content (AvgIpc) is 2.41. The van der Waals surface area contributed by atoms with Gasteiger partial charge in [-0.05, 0) is 71.2 Å². The average molecular weight is 334 g/mol. The van der Waals surface area contributed by atoms with Crippen LogP contribution in [0.3, 0.4) is 0 Å². The van der Waals surface area contributed by atoms with Gasteiger partial charge in [0.15, 0.2) is 0 Å². The first-order valence-electron chi connectivity index (χ1n) is 6.16. The molecule has 0 unspecified atom stereocenters. The van der Waals surface area contributed by atoms with Crippen molar-refractivity contribution >= 4 is 33.2 Å². The minimum absolute atomic E-state index is 0.143. The molecule has 5 heteroatoms. The molecule has 0 radical (unpaired) electrons. The van der Waals surface area contributed by atoms with Crippen molar-refractivity contribution in [2.75, 3.05) is 10.7 Å². The third kappa shape index (κ3) is 3.18. The number of carbonyl (C=O) groups is 1. The van der Waals surface area contributed by atoms with Crippen LogP contribution in [0.25, 0.3) is 0 Å². The highest BCUT2D eigenvalue weighted by atomic mass is 79.9. The highest BCUT2D eigenvalue weighted by molar-refractivity contribution is 9.10. The molecule has 0 aliphatic carbocycles. The first-order chi connectivity index (χ1) is 9.51. The Kier molecular flexibility index (Phi) is 4.42. The molecule has 0 fully saturated rings. The van der Waals surface area contributed by atoms with Crippen molar-refractivity contribution in [2.24, 2.45) is 5.84 Å². The zero-order valence-corrected chi connectivity index (χ0v) is 12.9. The van der Waals surface area contributed by atoms with Crippen molar-refractivity contribution in [1.82, 2.24) is 0 Å². The number of rotatable bonds is 3. The number of nitrogens with one attached hydrogen (secondary N) is 2. The molecule has 4 N–H and O–H groups in total. The summed E-state index contributed by atoms with van der Waals surface area (Å²) in [6.45, 7) is 3.87. The molecule has 0 atom stereocenters. The van der Waals surface area contributed by atoms with Gasteiger partial charge in [-0.2, -0.15) is 0 Å². The van der Waals surface area contributed by atoms with E-state index in [9.17, 15) is 4.79 Å². The Morgan fingerprint density at radius 3 is 2.50 bits per heavy atom. The summed E-state index contributed by atoms with van der Waals surface area (Å²) >= 11 is 3.45. The molecule has 104 valence electrons. The minimum atomic E-state index is -0.143. The largest absolute Gasteiger partial charge is 0.324 e. The van der Waals surface area contributed by atoms with Crippen molar-refractivity contribution in [3.05, 3.63) is 57.6 Å². The van der Waals surface area contributed by atoms with Gasteiger partial charge < -0.3 is 10.7 Å². The van der Waals surface area contributed by atoms with Crippen LogP contribution in [0.5, 0.6) is 0 Å². The summed E-state index contributed by atoms with van der Waals surface area (Å²) in [6.07, 6.45) is 0. The SMILES string of the molecule is Cc1ccc(NC(=O)c2ccc(NN)cc2C)c(Br)c1. The lowest BCUT2D eigenvalue weighted by Gasteiger charge is -2.11. The summed E-state index contributed by atoms with van der Waals surface area (Å²) in [6, 6.07) is 11.1. The van der Waals surface area contributed by atoms with Gasteiger partial charge >= 0.3 is 0 Å². The van der Waals surface area contributed by atoms with Crippen LogP contribution in [0.4, 0.5) is 11.4 Å². The van der Waals surface area contributed by atoms with Gasteiger partial charge in [-0.15, -0.1) is 0 Å². The van der Waals surface area contributed by atoms with Gasteiger partial charge in [0.25, 0.3) is 5.91 Å². The summed E-state index contributed by atoms with van der Waals surface area (Å²) < 4.78 is 0.865. The number of nitrogens with two attached hydrogens (primary N) is 1. The summed E-state index contributed by atoms with van der Waals surface area (Å²) in [5.41, 5.74) is 6.70. The van der Waals surface area contributed by atoms with E-state index >= 15 is 0 Å². The molecule has 2 aromatic rings. The number of anilines is 2. The lowest BCUT2D eigenvalue weighted by molar-refractivity contribution is 0.102. The van der Waals surface area contributed by atoms with Crippen LogP contribution in [-0.4, -0.2) is 5.91 Å². The van der Waals surface area contributed by atoms with Gasteiger partial charge in [-0.25, -0.2) is 0 Å². The van der Waals surface area contributed by atoms with Gasteiger partial charge in [-0.3, -0.25) is 10.6 Å². The molecule has 0 saturated heterocycles. The third-order valence-corrected chi connectivity index (χ3v) is 3.67. The molecule has 0 aliphatic rings. The van der Waals surface area contributed by atoms with Crippen molar-refractivity contribution in [3.8, 4) is 0 Å². The van der Waals surface area contributed by atoms with Crippen molar-refractivity contribution in [2.45, 2.75) is 13.8 Å². The maximum absolute atomic E-state index is 12.3.